The molecule has 1 aliphatic heterocycles. The summed E-state index contributed by atoms with van der Waals surface area (Å²) in [7, 11) is -0.853. The topological polar surface area (TPSA) is 102 Å². The summed E-state index contributed by atoms with van der Waals surface area (Å²) in [5.74, 6) is -0.181. The molecule has 1 fully saturated rings. The maximum absolute atomic E-state index is 13.2. The summed E-state index contributed by atoms with van der Waals surface area (Å²) in [5.41, 5.74) is 1.14. The zero-order valence-electron chi connectivity index (χ0n) is 20.4. The van der Waals surface area contributed by atoms with Crippen LogP contribution < -0.4 is 14.8 Å². The van der Waals surface area contributed by atoms with Crippen molar-refractivity contribution >= 4 is 39.0 Å². The smallest absolute Gasteiger partial charge is 0.243 e. The lowest BCUT2D eigenvalue weighted by Gasteiger charge is -2.30. The minimum Gasteiger partial charge on any atom is -0.493 e. The van der Waals surface area contributed by atoms with Crippen LogP contribution in [0.3, 0.4) is 0 Å². The van der Waals surface area contributed by atoms with Crippen LogP contribution in [0.15, 0.2) is 71.6 Å². The number of piperidine rings is 1. The Kier molecular flexibility index (Phi) is 8.16. The third-order valence-corrected chi connectivity index (χ3v) is 8.47. The number of benzene rings is 3. The number of rotatable bonds is 8. The molecule has 0 bridgehead atoms. The summed E-state index contributed by atoms with van der Waals surface area (Å²) in [6.45, 7) is 0.371. The molecule has 3 aromatic rings. The Morgan fingerprint density at radius 3 is 2.24 bits per heavy atom. The largest absolute Gasteiger partial charge is 0.493 e. The van der Waals surface area contributed by atoms with Crippen LogP contribution in [0, 0.1) is 5.92 Å². The van der Waals surface area contributed by atoms with E-state index in [1.807, 2.05) is 6.07 Å². The van der Waals surface area contributed by atoms with E-state index in [-0.39, 0.29) is 29.7 Å². The Balaban J connectivity index is 1.45. The van der Waals surface area contributed by atoms with Gasteiger partial charge in [-0.25, -0.2) is 8.42 Å². The number of carbonyl (C=O) groups is 2. The first-order chi connectivity index (χ1) is 17.7. The van der Waals surface area contributed by atoms with Crippen molar-refractivity contribution < 1.29 is 27.5 Å². The number of amides is 1. The highest BCUT2D eigenvalue weighted by Crippen LogP contribution is 2.32. The molecule has 0 atom stereocenters. The Bertz CT molecular complexity index is 1400. The second kappa shape index (κ2) is 11.3. The molecule has 1 heterocycles. The first-order valence-electron chi connectivity index (χ1n) is 11.7. The molecule has 4 rings (SSSR count). The number of hydrogen-bond donors (Lipinski definition) is 1. The maximum atomic E-state index is 13.2. The highest BCUT2D eigenvalue weighted by atomic mass is 35.5. The van der Waals surface area contributed by atoms with Crippen LogP contribution in [-0.4, -0.2) is 51.7 Å². The van der Waals surface area contributed by atoms with Gasteiger partial charge in [0.1, 0.15) is 0 Å². The number of halogens is 1. The Morgan fingerprint density at radius 1 is 0.919 bits per heavy atom. The Morgan fingerprint density at radius 2 is 1.59 bits per heavy atom. The average Bonchev–Trinajstić information content (AvgIpc) is 2.93. The predicted molar refractivity (Wildman–Crippen MR) is 141 cm³/mol. The van der Waals surface area contributed by atoms with Gasteiger partial charge < -0.3 is 14.8 Å². The molecular weight excluding hydrogens is 516 g/mol. The highest BCUT2D eigenvalue weighted by Gasteiger charge is 2.33. The van der Waals surface area contributed by atoms with Crippen molar-refractivity contribution in [1.29, 1.82) is 0 Å². The van der Waals surface area contributed by atoms with Crippen LogP contribution in [0.5, 0.6) is 11.5 Å². The molecule has 1 saturated heterocycles. The molecule has 1 N–H and O–H groups in total. The van der Waals surface area contributed by atoms with Gasteiger partial charge in [-0.1, -0.05) is 41.9 Å². The third kappa shape index (κ3) is 5.79. The standard InChI is InChI=1S/C27H27ClN2O6S/c1-35-24-11-9-21(17-25(24)36-2)37(33,34)30-14-12-19(13-15-30)27(32)29-23-10-8-20(28)16-22(23)26(31)18-6-4-3-5-7-18/h3-11,16-17,19H,12-15H2,1-2H3,(H,29,32). The second-order valence-electron chi connectivity index (χ2n) is 8.57. The SMILES string of the molecule is COc1ccc(S(=O)(=O)N2CCC(C(=O)Nc3ccc(Cl)cc3C(=O)c3ccccc3)CC2)cc1OC. The molecule has 8 nitrogen and oxygen atoms in total. The van der Waals surface area contributed by atoms with E-state index >= 15 is 0 Å². The predicted octanol–water partition coefficient (Wildman–Crippen LogP) is 4.63. The number of nitrogens with zero attached hydrogens (tertiary/aromatic N) is 1. The number of carbonyl (C=O) groups excluding carboxylic acids is 2. The molecular formula is C27H27ClN2O6S. The van der Waals surface area contributed by atoms with Crippen molar-refractivity contribution in [2.24, 2.45) is 5.92 Å². The summed E-state index contributed by atoms with van der Waals surface area (Å²) < 4.78 is 38.2. The number of ketones is 1. The Labute approximate surface area is 221 Å². The van der Waals surface area contributed by atoms with Crippen molar-refractivity contribution in [3.63, 3.8) is 0 Å². The normalized spacial score (nSPS) is 14.7. The van der Waals surface area contributed by atoms with Crippen molar-refractivity contribution in [2.75, 3.05) is 32.6 Å². The first-order valence-corrected chi connectivity index (χ1v) is 13.5. The van der Waals surface area contributed by atoms with Crippen LogP contribution in [0.1, 0.15) is 28.8 Å². The summed E-state index contributed by atoms with van der Waals surface area (Å²) in [6.07, 6.45) is 0.682. The maximum Gasteiger partial charge on any atom is 0.243 e. The van der Waals surface area contributed by atoms with Gasteiger partial charge in [0.25, 0.3) is 0 Å². The number of hydrogen-bond acceptors (Lipinski definition) is 6. The van der Waals surface area contributed by atoms with Crippen LogP contribution >= 0.6 is 11.6 Å². The average molecular weight is 543 g/mol. The minimum absolute atomic E-state index is 0.0956. The van der Waals surface area contributed by atoms with Crippen LogP contribution in [0.25, 0.3) is 0 Å². The van der Waals surface area contributed by atoms with E-state index in [0.29, 0.717) is 46.2 Å². The van der Waals surface area contributed by atoms with Crippen molar-refractivity contribution in [1.82, 2.24) is 4.31 Å². The van der Waals surface area contributed by atoms with Crippen LogP contribution in [0.4, 0.5) is 5.69 Å². The van der Waals surface area contributed by atoms with Gasteiger partial charge in [-0.15, -0.1) is 0 Å². The van der Waals surface area contributed by atoms with Gasteiger partial charge >= 0.3 is 0 Å². The number of anilines is 1. The first kappa shape index (κ1) is 26.7. The van der Waals surface area contributed by atoms with Gasteiger partial charge in [-0.05, 0) is 43.2 Å². The van der Waals surface area contributed by atoms with E-state index < -0.39 is 15.9 Å². The zero-order chi connectivity index (χ0) is 26.6. The van der Waals surface area contributed by atoms with E-state index in [1.165, 1.54) is 36.7 Å². The van der Waals surface area contributed by atoms with E-state index in [0.717, 1.165) is 0 Å². The van der Waals surface area contributed by atoms with Crippen LogP contribution in [-0.2, 0) is 14.8 Å². The molecule has 37 heavy (non-hydrogen) atoms. The van der Waals surface area contributed by atoms with Gasteiger partial charge in [0.15, 0.2) is 17.3 Å². The summed E-state index contributed by atoms with van der Waals surface area (Å²) in [4.78, 5) is 26.2. The van der Waals surface area contributed by atoms with E-state index in [2.05, 4.69) is 5.32 Å². The molecule has 0 unspecified atom stereocenters. The monoisotopic (exact) mass is 542 g/mol. The zero-order valence-corrected chi connectivity index (χ0v) is 22.0. The fourth-order valence-corrected chi connectivity index (χ4v) is 5.94. The summed E-state index contributed by atoms with van der Waals surface area (Å²) in [5, 5.41) is 3.23. The number of ether oxygens (including phenoxy) is 2. The van der Waals surface area contributed by atoms with Crippen molar-refractivity contribution in [2.45, 2.75) is 17.7 Å². The van der Waals surface area contributed by atoms with Crippen molar-refractivity contribution in [3.8, 4) is 11.5 Å². The lowest BCUT2D eigenvalue weighted by molar-refractivity contribution is -0.120. The fourth-order valence-electron chi connectivity index (χ4n) is 4.28. The summed E-state index contributed by atoms with van der Waals surface area (Å²) >= 11 is 6.14. The Hall–Kier alpha value is -3.40. The lowest BCUT2D eigenvalue weighted by Crippen LogP contribution is -2.41. The molecule has 0 radical (unpaired) electrons. The number of methoxy groups -OCH3 is 2. The molecule has 194 valence electrons. The minimum atomic E-state index is -3.77. The van der Waals surface area contributed by atoms with Crippen molar-refractivity contribution in [3.05, 3.63) is 82.9 Å². The third-order valence-electron chi connectivity index (χ3n) is 6.34. The fraction of sp³-hybridized carbons (Fsp3) is 0.259. The molecule has 1 aliphatic rings. The summed E-state index contributed by atoms with van der Waals surface area (Å²) in [6, 6.07) is 17.9. The van der Waals surface area contributed by atoms with E-state index in [9.17, 15) is 18.0 Å². The van der Waals surface area contributed by atoms with Gasteiger partial charge in [0.05, 0.1) is 24.8 Å². The number of nitrogens with one attached hydrogen (secondary N) is 1. The quantitative estimate of drug-likeness (QED) is 0.416. The van der Waals surface area contributed by atoms with Gasteiger partial charge in [0, 0.05) is 41.2 Å². The lowest BCUT2D eigenvalue weighted by atomic mass is 9.96. The van der Waals surface area contributed by atoms with Crippen LogP contribution in [0.2, 0.25) is 5.02 Å². The van der Waals surface area contributed by atoms with Gasteiger partial charge in [0.2, 0.25) is 15.9 Å². The van der Waals surface area contributed by atoms with E-state index in [4.69, 9.17) is 21.1 Å². The number of sulfonamides is 1. The second-order valence-corrected chi connectivity index (χ2v) is 10.9. The molecule has 0 saturated carbocycles. The molecule has 1 amide bonds. The van der Waals surface area contributed by atoms with Gasteiger partial charge in [-0.2, -0.15) is 4.31 Å². The molecule has 0 aromatic heterocycles. The molecule has 10 heteroatoms. The molecule has 0 spiro atoms. The highest BCUT2D eigenvalue weighted by molar-refractivity contribution is 7.89. The molecule has 0 aliphatic carbocycles. The van der Waals surface area contributed by atoms with Gasteiger partial charge in [-0.3, -0.25) is 9.59 Å². The molecule has 3 aromatic carbocycles. The van der Waals surface area contributed by atoms with E-state index in [1.54, 1.807) is 42.5 Å².